The van der Waals surface area contributed by atoms with E-state index in [0.717, 1.165) is 10.5 Å². The molecular weight excluding hydrogens is 1120 g/mol. The maximum atomic E-state index is 14.6. The predicted octanol–water partition coefficient (Wildman–Crippen LogP) is 6.49. The van der Waals surface area contributed by atoms with Crippen LogP contribution in [0.2, 0.25) is 0 Å². The number of cyclic esters (lactones) is 1. The van der Waals surface area contributed by atoms with Gasteiger partial charge in [-0.25, -0.2) is 19.0 Å². The second kappa shape index (κ2) is 31.1. The number of aliphatic hydroxyl groups is 2. The van der Waals surface area contributed by atoms with Crippen molar-refractivity contribution < 1.29 is 106 Å². The smallest absolute Gasteiger partial charge is 0.460 e. The first kappa shape index (κ1) is 70.1. The van der Waals surface area contributed by atoms with E-state index in [-0.39, 0.29) is 55.6 Å². The first-order valence-electron chi connectivity index (χ1n) is 27.8. The molecule has 460 valence electrons. The van der Waals surface area contributed by atoms with Gasteiger partial charge in [-0.05, 0) is 107 Å². The minimum Gasteiger partial charge on any atom is -0.460 e. The molecule has 4 rings (SSSR count). The zero-order chi connectivity index (χ0) is 60.8. The predicted molar refractivity (Wildman–Crippen MR) is 298 cm³/mol. The van der Waals surface area contributed by atoms with E-state index in [1.54, 1.807) is 34.6 Å². The van der Waals surface area contributed by atoms with E-state index in [0.29, 0.717) is 56.9 Å². The average Bonchev–Trinajstić information content (AvgIpc) is 3.56. The van der Waals surface area contributed by atoms with Gasteiger partial charge in [-0.15, -0.1) is 0 Å². The topological polar surface area (TPSA) is 346 Å². The van der Waals surface area contributed by atoms with Crippen molar-refractivity contribution in [2.75, 3.05) is 46.5 Å². The van der Waals surface area contributed by atoms with Crippen LogP contribution >= 0.6 is 22.1 Å². The van der Waals surface area contributed by atoms with Gasteiger partial charge in [0.25, 0.3) is 18.9 Å². The van der Waals surface area contributed by atoms with Crippen molar-refractivity contribution in [1.82, 2.24) is 4.90 Å². The lowest BCUT2D eigenvalue weighted by Gasteiger charge is -2.42. The van der Waals surface area contributed by atoms with Gasteiger partial charge in [0.2, 0.25) is 5.79 Å². The van der Waals surface area contributed by atoms with E-state index in [4.69, 9.17) is 33.2 Å². The largest absolute Gasteiger partial charge is 0.508 e. The third-order valence-corrected chi connectivity index (χ3v) is 26.1. The highest BCUT2D eigenvalue weighted by molar-refractivity contribution is 8.36. The number of nitrogens with zero attached hydrogens (tertiary/aromatic N) is 1. The third-order valence-electron chi connectivity index (χ3n) is 16.3. The van der Waals surface area contributed by atoms with Gasteiger partial charge in [0.15, 0.2) is 11.7 Å². The Labute approximate surface area is 476 Å². The number of carbonyl (C=O) groups is 6. The molecule has 0 aromatic heterocycles. The summed E-state index contributed by atoms with van der Waals surface area (Å²) in [7, 11) is -10.8. The maximum absolute atomic E-state index is 14.6. The van der Waals surface area contributed by atoms with E-state index in [1.165, 1.54) is 27.4 Å². The number of carbonyl (C=O) groups excluding carboxylic acids is 6. The molecule has 3 aliphatic heterocycles. The van der Waals surface area contributed by atoms with E-state index in [9.17, 15) is 72.6 Å². The van der Waals surface area contributed by atoms with Crippen molar-refractivity contribution in [1.29, 1.82) is 0 Å². The summed E-state index contributed by atoms with van der Waals surface area (Å²) in [5.41, 5.74) is 1.13. The maximum Gasteiger partial charge on any atom is 0.508 e. The molecule has 1 aliphatic carbocycles. The standard InChI is InChI=1S/C55H88NO22P3/c1-33-16-12-11-13-17-34(2)45(72-8)30-41-21-19-39(7)55(64,78-41)51(60)52(61)56-23-15-14-18-42(56)53(62)76-46(31-43(57)35(3)27-38(6)49(59)50(74-10)48(58)37(5)26-33)36(4)28-40-20-22-44(47(29-40)73-9)77-54(63)75-24-25-79(65,81(69,70)71)32-80(66,67)68/h11-13,16-17,27,33,35-37,39-42,44-47,49-50,59,64-65H,14-15,18-26,28-32H2,1-10H3,(H3-,66,67,68,69,70,71)/p+1/b13-11+,16-12+,34-17+,38-27+/t33-,35-,36-,37-,39-,40-,41+,42+,44-,45+,46+,47-,49-,50+,55-,79?/m1/s1. The summed E-state index contributed by atoms with van der Waals surface area (Å²) in [5.74, 6) is -10.8. The van der Waals surface area contributed by atoms with E-state index < -0.39 is 143 Å². The van der Waals surface area contributed by atoms with Crippen LogP contribution in [-0.4, -0.2) is 176 Å². The molecule has 0 aromatic carbocycles. The molecule has 2 bridgehead atoms. The first-order chi connectivity index (χ1) is 37.8. The van der Waals surface area contributed by atoms with Gasteiger partial charge in [0.1, 0.15) is 49.0 Å². The summed E-state index contributed by atoms with van der Waals surface area (Å²) in [6.45, 7) is 11.4. The minimum atomic E-state index is -5.40. The molecule has 1 unspecified atom stereocenters. The van der Waals surface area contributed by atoms with Gasteiger partial charge in [-0.1, -0.05) is 71.1 Å². The van der Waals surface area contributed by atoms with Gasteiger partial charge in [0.05, 0.1) is 18.3 Å². The summed E-state index contributed by atoms with van der Waals surface area (Å²) in [6, 6.07) is -1.27. The molecule has 7 N–H and O–H groups in total. The quantitative estimate of drug-likeness (QED) is 0.0448. The fourth-order valence-electron chi connectivity index (χ4n) is 11.2. The Morgan fingerprint density at radius 3 is 2.19 bits per heavy atom. The monoisotopic (exact) mass is 1210 g/mol. The van der Waals surface area contributed by atoms with Crippen LogP contribution in [0.5, 0.6) is 0 Å². The molecule has 81 heavy (non-hydrogen) atoms. The number of hydrogen-bond donors (Lipinski definition) is 7. The number of aliphatic hydroxyl groups excluding tert-OH is 1. The number of ketones is 3. The zero-order valence-electron chi connectivity index (χ0n) is 48.4. The Hall–Kier alpha value is -3.37. The molecule has 16 atom stereocenters. The SMILES string of the molecule is CO[C@H]1C[C@@H]2CC[C@@H](C)[C@@](O)(O2)C(=O)C(=O)N2CCCC[C@H]2C(=O)O[C@H]([C@H](C)C[C@H]2CC[C@@H](OC(=O)OCC[P+](O)(CP(=O)(O)O)P(=O)(O)O)[C@H](OC)C2)CC(=O)[C@H](C)/C=C(\C)[C@@H](O)[C@@H](OC)C(=O)[C@H](C)C[C@H](C)/C=C/C=C/C=C/1C. The van der Waals surface area contributed by atoms with E-state index >= 15 is 0 Å². The summed E-state index contributed by atoms with van der Waals surface area (Å²) in [5, 5.41) is 23.6. The van der Waals surface area contributed by atoms with Crippen molar-refractivity contribution in [3.8, 4) is 0 Å². The molecule has 1 saturated carbocycles. The van der Waals surface area contributed by atoms with Gasteiger partial charge in [-0.3, -0.25) is 33.5 Å². The normalized spacial score (nSPS) is 35.9. The number of ether oxygens (including phenoxy) is 7. The van der Waals surface area contributed by atoms with Gasteiger partial charge in [0, 0.05) is 58.5 Å². The molecular formula is C55H89NO22P3+. The van der Waals surface area contributed by atoms with Crippen LogP contribution in [0.1, 0.15) is 126 Å². The third kappa shape index (κ3) is 19.9. The van der Waals surface area contributed by atoms with Crippen molar-refractivity contribution >= 4 is 57.4 Å². The number of amides is 1. The lowest BCUT2D eigenvalue weighted by molar-refractivity contribution is -0.265. The zero-order valence-corrected chi connectivity index (χ0v) is 51.1. The number of esters is 1. The molecule has 3 heterocycles. The first-order valence-corrected chi connectivity index (χ1v) is 34.0. The molecule has 26 heteroatoms. The second-order valence-electron chi connectivity index (χ2n) is 22.7. The van der Waals surface area contributed by atoms with Gasteiger partial charge >= 0.3 is 27.0 Å². The summed E-state index contributed by atoms with van der Waals surface area (Å²) in [6.07, 6.45) is 5.72. The van der Waals surface area contributed by atoms with Crippen molar-refractivity contribution in [3.63, 3.8) is 0 Å². The van der Waals surface area contributed by atoms with Crippen LogP contribution in [0.25, 0.3) is 0 Å². The Morgan fingerprint density at radius 2 is 1.56 bits per heavy atom. The van der Waals surface area contributed by atoms with Crippen LogP contribution in [0.3, 0.4) is 0 Å². The van der Waals surface area contributed by atoms with Crippen LogP contribution in [0.15, 0.2) is 47.6 Å². The van der Waals surface area contributed by atoms with E-state index in [1.807, 2.05) is 44.2 Å². The lowest BCUT2D eigenvalue weighted by atomic mass is 9.78. The van der Waals surface area contributed by atoms with Crippen LogP contribution in [0, 0.1) is 35.5 Å². The summed E-state index contributed by atoms with van der Waals surface area (Å²) >= 11 is 0. The Balaban J connectivity index is 1.63. The molecule has 3 fully saturated rings. The Kier molecular flexibility index (Phi) is 27.0. The van der Waals surface area contributed by atoms with Crippen LogP contribution in [0.4, 0.5) is 4.79 Å². The summed E-state index contributed by atoms with van der Waals surface area (Å²) < 4.78 is 63.5. The van der Waals surface area contributed by atoms with Crippen LogP contribution < -0.4 is 0 Å². The second-order valence-corrected chi connectivity index (χ2v) is 32.2. The van der Waals surface area contributed by atoms with Crippen molar-refractivity contribution in [2.45, 2.75) is 180 Å². The summed E-state index contributed by atoms with van der Waals surface area (Å²) in [4.78, 5) is 134. The fourth-order valence-corrected chi connectivity index (χ4v) is 19.5. The highest BCUT2D eigenvalue weighted by atomic mass is 32.1. The highest BCUT2D eigenvalue weighted by Crippen LogP contribution is 2.86. The van der Waals surface area contributed by atoms with Crippen molar-refractivity contribution in [3.05, 3.63) is 47.6 Å². The van der Waals surface area contributed by atoms with Crippen LogP contribution in [-0.2, 0) is 66.3 Å². The number of methoxy groups -OCH3 is 3. The fraction of sp³-hybridized carbons (Fsp3) is 0.745. The number of Topliss-reactive ketones (excluding diaryl/α,β-unsaturated/α-hetero) is 3. The molecule has 2 saturated heterocycles. The minimum absolute atomic E-state index is 0.00716. The number of allylic oxidation sites excluding steroid dienone is 6. The molecule has 23 nitrogen and oxygen atoms in total. The molecule has 0 aromatic rings. The molecule has 0 radical (unpaired) electrons. The Bertz CT molecular complexity index is 2400. The van der Waals surface area contributed by atoms with Crippen molar-refractivity contribution in [2.24, 2.45) is 35.5 Å². The highest BCUT2D eigenvalue weighted by Gasteiger charge is 2.59. The molecule has 1 amide bonds. The molecule has 4 aliphatic rings. The number of hydrogen-bond acceptors (Lipinski definition) is 18. The number of fused-ring (bicyclic) bond motifs is 3. The van der Waals surface area contributed by atoms with E-state index in [2.05, 4.69) is 0 Å². The number of rotatable bonds is 13. The van der Waals surface area contributed by atoms with Gasteiger partial charge in [-0.2, -0.15) is 0 Å². The average molecular weight is 1210 g/mol. The molecule has 0 spiro atoms. The Morgan fingerprint density at radius 1 is 0.864 bits per heavy atom. The lowest BCUT2D eigenvalue weighted by Crippen LogP contribution is -2.61. The van der Waals surface area contributed by atoms with Gasteiger partial charge < -0.3 is 58.1 Å². The number of piperidine rings is 1.